The molecule has 2 N–H and O–H groups in total. The number of hydrogen-bond acceptors (Lipinski definition) is 4. The SMILES string of the molecule is Cc1ccc(NC(=O)c2c(NC(=O)COc3cccc(Cl)c3)sc3c2CCC(C(C)(C)C)C3)cc1C. The third-order valence-corrected chi connectivity index (χ3v) is 8.31. The third kappa shape index (κ3) is 6.11. The number of fused-ring (bicyclic) bond motifs is 1. The van der Waals surface area contributed by atoms with E-state index in [9.17, 15) is 9.59 Å². The van der Waals surface area contributed by atoms with Crippen LogP contribution in [0.25, 0.3) is 0 Å². The summed E-state index contributed by atoms with van der Waals surface area (Å²) in [6.07, 6.45) is 2.74. The predicted octanol–water partition coefficient (Wildman–Crippen LogP) is 7.44. The zero-order valence-electron chi connectivity index (χ0n) is 21.5. The molecule has 1 heterocycles. The average Bonchev–Trinajstić information content (AvgIpc) is 3.16. The van der Waals surface area contributed by atoms with Crippen molar-refractivity contribution in [2.24, 2.45) is 11.3 Å². The van der Waals surface area contributed by atoms with Crippen molar-refractivity contribution in [3.8, 4) is 5.75 Å². The summed E-state index contributed by atoms with van der Waals surface area (Å²) >= 11 is 7.52. The Hall–Kier alpha value is -2.83. The smallest absolute Gasteiger partial charge is 0.262 e. The lowest BCUT2D eigenvalue weighted by Gasteiger charge is -2.33. The number of carbonyl (C=O) groups is 2. The molecule has 190 valence electrons. The fourth-order valence-electron chi connectivity index (χ4n) is 4.53. The van der Waals surface area contributed by atoms with Gasteiger partial charge in [0.1, 0.15) is 10.8 Å². The Morgan fingerprint density at radius 1 is 1.08 bits per heavy atom. The van der Waals surface area contributed by atoms with Crippen molar-refractivity contribution in [1.82, 2.24) is 0 Å². The van der Waals surface area contributed by atoms with Crippen LogP contribution in [0.15, 0.2) is 42.5 Å². The molecule has 7 heteroatoms. The zero-order chi connectivity index (χ0) is 26.0. The van der Waals surface area contributed by atoms with Gasteiger partial charge in [0.05, 0.1) is 5.56 Å². The highest BCUT2D eigenvalue weighted by Crippen LogP contribution is 2.44. The van der Waals surface area contributed by atoms with Crippen LogP contribution in [0.2, 0.25) is 5.02 Å². The van der Waals surface area contributed by atoms with Crippen molar-refractivity contribution < 1.29 is 14.3 Å². The van der Waals surface area contributed by atoms with Crippen LogP contribution in [-0.2, 0) is 17.6 Å². The topological polar surface area (TPSA) is 67.4 Å². The summed E-state index contributed by atoms with van der Waals surface area (Å²) < 4.78 is 5.61. The molecule has 2 aromatic carbocycles. The predicted molar refractivity (Wildman–Crippen MR) is 149 cm³/mol. The third-order valence-electron chi connectivity index (χ3n) is 6.90. The lowest BCUT2D eigenvalue weighted by Crippen LogP contribution is -2.27. The van der Waals surface area contributed by atoms with E-state index >= 15 is 0 Å². The summed E-state index contributed by atoms with van der Waals surface area (Å²) in [5.41, 5.74) is 4.82. The number of ether oxygens (including phenoxy) is 1. The second-order valence-corrected chi connectivity index (χ2v) is 12.1. The van der Waals surface area contributed by atoms with Crippen LogP contribution in [0, 0.1) is 25.2 Å². The van der Waals surface area contributed by atoms with Crippen LogP contribution in [-0.4, -0.2) is 18.4 Å². The van der Waals surface area contributed by atoms with Crippen LogP contribution >= 0.6 is 22.9 Å². The lowest BCUT2D eigenvalue weighted by molar-refractivity contribution is -0.118. The molecule has 0 bridgehead atoms. The molecule has 0 fully saturated rings. The molecule has 1 unspecified atom stereocenters. The summed E-state index contributed by atoms with van der Waals surface area (Å²) in [7, 11) is 0. The molecule has 3 aromatic rings. The van der Waals surface area contributed by atoms with Crippen molar-refractivity contribution in [3.63, 3.8) is 0 Å². The van der Waals surface area contributed by atoms with Gasteiger partial charge in [-0.1, -0.05) is 44.5 Å². The van der Waals surface area contributed by atoms with Gasteiger partial charge in [-0.25, -0.2) is 0 Å². The molecule has 0 aliphatic heterocycles. The summed E-state index contributed by atoms with van der Waals surface area (Å²) in [6.45, 7) is 10.7. The number of halogens is 1. The minimum Gasteiger partial charge on any atom is -0.484 e. The highest BCUT2D eigenvalue weighted by molar-refractivity contribution is 7.17. The Balaban J connectivity index is 1.58. The van der Waals surface area contributed by atoms with Crippen LogP contribution in [0.4, 0.5) is 10.7 Å². The Morgan fingerprint density at radius 2 is 1.86 bits per heavy atom. The van der Waals surface area contributed by atoms with Gasteiger partial charge in [0.25, 0.3) is 11.8 Å². The summed E-state index contributed by atoms with van der Waals surface area (Å²) in [4.78, 5) is 27.5. The van der Waals surface area contributed by atoms with E-state index in [1.54, 1.807) is 24.3 Å². The molecule has 36 heavy (non-hydrogen) atoms. The van der Waals surface area contributed by atoms with E-state index in [1.807, 2.05) is 32.0 Å². The molecule has 2 amide bonds. The monoisotopic (exact) mass is 524 g/mol. The number of anilines is 2. The van der Waals surface area contributed by atoms with Gasteiger partial charge in [-0.05, 0) is 91.5 Å². The Labute approximate surface area is 222 Å². The molecule has 0 saturated heterocycles. The standard InChI is InChI=1S/C29H33ClN2O3S/c1-17-9-11-21(13-18(17)2)31-27(34)26-23-12-10-19(29(3,4)5)14-24(23)36-28(26)32-25(33)16-35-22-8-6-7-20(30)15-22/h6-9,11,13,15,19H,10,12,14,16H2,1-5H3,(H,31,34)(H,32,33). The molecule has 0 saturated carbocycles. The highest BCUT2D eigenvalue weighted by atomic mass is 35.5. The van der Waals surface area contributed by atoms with Gasteiger partial charge in [-0.15, -0.1) is 11.3 Å². The van der Waals surface area contributed by atoms with Gasteiger partial charge in [0.2, 0.25) is 0 Å². The van der Waals surface area contributed by atoms with Crippen LogP contribution < -0.4 is 15.4 Å². The molecule has 1 aliphatic rings. The Bertz CT molecular complexity index is 1290. The van der Waals surface area contributed by atoms with E-state index in [1.165, 1.54) is 21.8 Å². The maximum Gasteiger partial charge on any atom is 0.262 e. The van der Waals surface area contributed by atoms with Gasteiger partial charge >= 0.3 is 0 Å². The van der Waals surface area contributed by atoms with Gasteiger partial charge < -0.3 is 15.4 Å². The van der Waals surface area contributed by atoms with E-state index in [2.05, 4.69) is 31.4 Å². The summed E-state index contributed by atoms with van der Waals surface area (Å²) in [6, 6.07) is 12.8. The number of amides is 2. The molecule has 0 radical (unpaired) electrons. The first-order valence-electron chi connectivity index (χ1n) is 12.2. The van der Waals surface area contributed by atoms with Crippen molar-refractivity contribution in [3.05, 3.63) is 74.6 Å². The molecule has 1 aromatic heterocycles. The molecule has 1 aliphatic carbocycles. The van der Waals surface area contributed by atoms with Crippen molar-refractivity contribution in [2.75, 3.05) is 17.2 Å². The largest absolute Gasteiger partial charge is 0.484 e. The van der Waals surface area contributed by atoms with E-state index < -0.39 is 0 Å². The fraction of sp³-hybridized carbons (Fsp3) is 0.379. The first kappa shape index (κ1) is 26.2. The number of carbonyl (C=O) groups excluding carboxylic acids is 2. The number of aryl methyl sites for hydroxylation is 2. The van der Waals surface area contributed by atoms with Crippen LogP contribution in [0.1, 0.15) is 59.1 Å². The molecular formula is C29H33ClN2O3S. The van der Waals surface area contributed by atoms with E-state index in [0.717, 1.165) is 36.1 Å². The number of thiophene rings is 1. The molecular weight excluding hydrogens is 492 g/mol. The summed E-state index contributed by atoms with van der Waals surface area (Å²) in [5.74, 6) is 0.523. The van der Waals surface area contributed by atoms with Crippen LogP contribution in [0.5, 0.6) is 5.75 Å². The maximum atomic E-state index is 13.5. The maximum absolute atomic E-state index is 13.5. The van der Waals surface area contributed by atoms with Crippen LogP contribution in [0.3, 0.4) is 0 Å². The molecule has 0 spiro atoms. The number of benzene rings is 2. The highest BCUT2D eigenvalue weighted by Gasteiger charge is 2.34. The Kier molecular flexibility index (Phi) is 7.76. The van der Waals surface area contributed by atoms with Crippen molar-refractivity contribution >= 4 is 45.4 Å². The van der Waals surface area contributed by atoms with E-state index in [0.29, 0.717) is 27.3 Å². The van der Waals surface area contributed by atoms with Gasteiger partial charge in [0.15, 0.2) is 6.61 Å². The number of hydrogen-bond donors (Lipinski definition) is 2. The van der Waals surface area contributed by atoms with Gasteiger partial charge in [-0.2, -0.15) is 0 Å². The molecule has 1 atom stereocenters. The van der Waals surface area contributed by atoms with Crippen molar-refractivity contribution in [1.29, 1.82) is 0 Å². The second kappa shape index (κ2) is 10.7. The van der Waals surface area contributed by atoms with Gasteiger partial charge in [0, 0.05) is 15.6 Å². The minimum absolute atomic E-state index is 0.175. The molecule has 4 rings (SSSR count). The number of nitrogens with one attached hydrogen (secondary N) is 2. The first-order valence-corrected chi connectivity index (χ1v) is 13.4. The Morgan fingerprint density at radius 3 is 2.56 bits per heavy atom. The summed E-state index contributed by atoms with van der Waals surface area (Å²) in [5, 5.41) is 7.12. The van der Waals surface area contributed by atoms with Crippen molar-refractivity contribution in [2.45, 2.75) is 53.9 Å². The lowest BCUT2D eigenvalue weighted by atomic mass is 9.72. The first-order chi connectivity index (χ1) is 17.0. The number of rotatable bonds is 6. The fourth-order valence-corrected chi connectivity index (χ4v) is 6.06. The van der Waals surface area contributed by atoms with E-state index in [4.69, 9.17) is 16.3 Å². The second-order valence-electron chi connectivity index (χ2n) is 10.6. The quantitative estimate of drug-likeness (QED) is 0.352. The zero-order valence-corrected chi connectivity index (χ0v) is 23.0. The normalized spacial score (nSPS) is 15.2. The van der Waals surface area contributed by atoms with Gasteiger partial charge in [-0.3, -0.25) is 9.59 Å². The minimum atomic E-state index is -0.318. The molecule has 5 nitrogen and oxygen atoms in total. The average molecular weight is 525 g/mol. The van der Waals surface area contributed by atoms with E-state index in [-0.39, 0.29) is 23.8 Å².